The number of nitrogen functional groups attached to an aromatic ring is 1. The van der Waals surface area contributed by atoms with E-state index in [-0.39, 0.29) is 17.7 Å². The lowest BCUT2D eigenvalue weighted by Crippen LogP contribution is -2.06. The molecule has 2 aromatic carbocycles. The smallest absolute Gasteiger partial charge is 0.338 e. The Bertz CT molecular complexity index is 594. The van der Waals surface area contributed by atoms with Crippen LogP contribution < -0.4 is 5.73 Å². The second-order valence-electron chi connectivity index (χ2n) is 3.98. The van der Waals surface area contributed by atoms with Crippen molar-refractivity contribution in [3.8, 4) is 0 Å². The first kappa shape index (κ1) is 13.0. The van der Waals surface area contributed by atoms with Crippen molar-refractivity contribution < 1.29 is 18.3 Å². The number of nitrogens with two attached hydrogens (primary N) is 1. The first-order valence-electron chi connectivity index (χ1n) is 5.52. The van der Waals surface area contributed by atoms with Crippen LogP contribution in [0.15, 0.2) is 42.5 Å². The summed E-state index contributed by atoms with van der Waals surface area (Å²) >= 11 is 0. The molecule has 0 aliphatic carbocycles. The van der Waals surface area contributed by atoms with Gasteiger partial charge in [-0.25, -0.2) is 13.6 Å². The zero-order valence-corrected chi connectivity index (χ0v) is 9.90. The van der Waals surface area contributed by atoms with Crippen LogP contribution in [0.2, 0.25) is 0 Å². The molecular formula is C14H11F2NO2. The van der Waals surface area contributed by atoms with Crippen LogP contribution in [-0.2, 0) is 11.3 Å². The number of esters is 1. The van der Waals surface area contributed by atoms with Gasteiger partial charge < -0.3 is 10.5 Å². The molecule has 2 rings (SSSR count). The monoisotopic (exact) mass is 263 g/mol. The molecule has 0 fully saturated rings. The van der Waals surface area contributed by atoms with Crippen molar-refractivity contribution in [1.82, 2.24) is 0 Å². The minimum absolute atomic E-state index is 0.206. The number of halogens is 2. The van der Waals surface area contributed by atoms with Crippen LogP contribution in [0.5, 0.6) is 0 Å². The summed E-state index contributed by atoms with van der Waals surface area (Å²) in [6, 6.07) is 9.24. The summed E-state index contributed by atoms with van der Waals surface area (Å²) in [7, 11) is 0. The zero-order valence-electron chi connectivity index (χ0n) is 9.90. The Hall–Kier alpha value is -2.43. The van der Waals surface area contributed by atoms with Gasteiger partial charge in [-0.2, -0.15) is 0 Å². The molecular weight excluding hydrogens is 252 g/mol. The number of carbonyl (C=O) groups excluding carboxylic acids is 1. The van der Waals surface area contributed by atoms with Crippen LogP contribution in [-0.4, -0.2) is 5.97 Å². The third-order valence-corrected chi connectivity index (χ3v) is 2.41. The Kier molecular flexibility index (Phi) is 3.75. The van der Waals surface area contributed by atoms with Crippen molar-refractivity contribution in [2.45, 2.75) is 6.61 Å². The molecule has 0 unspecified atom stereocenters. The van der Waals surface area contributed by atoms with Gasteiger partial charge in [-0.1, -0.05) is 6.07 Å². The van der Waals surface area contributed by atoms with Gasteiger partial charge in [-0.15, -0.1) is 0 Å². The van der Waals surface area contributed by atoms with Crippen LogP contribution in [0, 0.1) is 11.6 Å². The van der Waals surface area contributed by atoms with Gasteiger partial charge in [-0.3, -0.25) is 0 Å². The molecule has 0 heterocycles. The molecule has 0 aliphatic heterocycles. The fourth-order valence-corrected chi connectivity index (χ4v) is 1.59. The van der Waals surface area contributed by atoms with E-state index in [9.17, 15) is 13.6 Å². The van der Waals surface area contributed by atoms with Gasteiger partial charge >= 0.3 is 5.97 Å². The van der Waals surface area contributed by atoms with Crippen molar-refractivity contribution in [2.75, 3.05) is 5.73 Å². The molecule has 0 aliphatic rings. The first-order chi connectivity index (χ1) is 9.04. The van der Waals surface area contributed by atoms with Crippen molar-refractivity contribution in [3.05, 3.63) is 65.2 Å². The molecule has 0 spiro atoms. The highest BCUT2D eigenvalue weighted by Crippen LogP contribution is 2.12. The molecule has 2 N–H and O–H groups in total. The Morgan fingerprint density at radius 3 is 2.42 bits per heavy atom. The third-order valence-electron chi connectivity index (χ3n) is 2.41. The summed E-state index contributed by atoms with van der Waals surface area (Å²) < 4.78 is 30.8. The second kappa shape index (κ2) is 5.48. The van der Waals surface area contributed by atoms with Crippen molar-refractivity contribution >= 4 is 11.7 Å². The SMILES string of the molecule is Nc1cccc(C(=O)OCc2cc(F)cc(F)c2)c1. The quantitative estimate of drug-likeness (QED) is 0.684. The van der Waals surface area contributed by atoms with Crippen LogP contribution in [0.4, 0.5) is 14.5 Å². The van der Waals surface area contributed by atoms with Crippen molar-refractivity contribution in [3.63, 3.8) is 0 Å². The third kappa shape index (κ3) is 3.51. The van der Waals surface area contributed by atoms with E-state index >= 15 is 0 Å². The maximum absolute atomic E-state index is 12.9. The minimum atomic E-state index is -0.713. The molecule has 5 heteroatoms. The van der Waals surface area contributed by atoms with Gasteiger partial charge in [0.05, 0.1) is 5.56 Å². The van der Waals surface area contributed by atoms with E-state index in [1.807, 2.05) is 0 Å². The molecule has 0 amide bonds. The van der Waals surface area contributed by atoms with Gasteiger partial charge in [-0.05, 0) is 35.9 Å². The van der Waals surface area contributed by atoms with Gasteiger partial charge in [0.1, 0.15) is 18.2 Å². The van der Waals surface area contributed by atoms with E-state index in [0.717, 1.165) is 18.2 Å². The maximum atomic E-state index is 12.9. The molecule has 3 nitrogen and oxygen atoms in total. The number of hydrogen-bond acceptors (Lipinski definition) is 3. The highest BCUT2D eigenvalue weighted by atomic mass is 19.1. The molecule has 0 bridgehead atoms. The summed E-state index contributed by atoms with van der Waals surface area (Å²) in [6.45, 7) is -0.206. The normalized spacial score (nSPS) is 10.2. The lowest BCUT2D eigenvalue weighted by molar-refractivity contribution is 0.0472. The molecule has 2 aromatic rings. The Labute approximate surface area is 108 Å². The molecule has 19 heavy (non-hydrogen) atoms. The summed E-state index contributed by atoms with van der Waals surface area (Å²) in [5.41, 5.74) is 6.51. The van der Waals surface area contributed by atoms with Gasteiger partial charge in [0, 0.05) is 11.8 Å². The Morgan fingerprint density at radius 2 is 1.79 bits per heavy atom. The van der Waals surface area contributed by atoms with Crippen LogP contribution in [0.25, 0.3) is 0 Å². The molecule has 0 saturated carbocycles. The number of hydrogen-bond donors (Lipinski definition) is 1. The summed E-state index contributed by atoms with van der Waals surface area (Å²) in [5.74, 6) is -2.03. The first-order valence-corrected chi connectivity index (χ1v) is 5.52. The largest absolute Gasteiger partial charge is 0.457 e. The Morgan fingerprint density at radius 1 is 1.11 bits per heavy atom. The van der Waals surface area contributed by atoms with Gasteiger partial charge in [0.15, 0.2) is 0 Å². The topological polar surface area (TPSA) is 52.3 Å². The molecule has 0 aromatic heterocycles. The van der Waals surface area contributed by atoms with Gasteiger partial charge in [0.25, 0.3) is 0 Å². The number of anilines is 1. The van der Waals surface area contributed by atoms with E-state index in [0.29, 0.717) is 5.69 Å². The molecule has 0 saturated heterocycles. The second-order valence-corrected chi connectivity index (χ2v) is 3.98. The van der Waals surface area contributed by atoms with Crippen LogP contribution in [0.1, 0.15) is 15.9 Å². The summed E-state index contributed by atoms with van der Waals surface area (Å²) in [5, 5.41) is 0. The maximum Gasteiger partial charge on any atom is 0.338 e. The average Bonchev–Trinajstić information content (AvgIpc) is 2.35. The molecule has 98 valence electrons. The highest BCUT2D eigenvalue weighted by Gasteiger charge is 2.08. The van der Waals surface area contributed by atoms with Crippen molar-refractivity contribution in [2.24, 2.45) is 0 Å². The number of carbonyl (C=O) groups is 1. The molecule has 0 atom stereocenters. The molecule has 0 radical (unpaired) electrons. The fraction of sp³-hybridized carbons (Fsp3) is 0.0714. The predicted molar refractivity (Wildman–Crippen MR) is 66.3 cm³/mol. The van der Waals surface area contributed by atoms with E-state index in [2.05, 4.69) is 0 Å². The summed E-state index contributed by atoms with van der Waals surface area (Å²) in [4.78, 5) is 11.7. The predicted octanol–water partition coefficient (Wildman–Crippen LogP) is 2.90. The van der Waals surface area contributed by atoms with Crippen molar-refractivity contribution in [1.29, 1.82) is 0 Å². The van der Waals surface area contributed by atoms with Gasteiger partial charge in [0.2, 0.25) is 0 Å². The number of rotatable bonds is 3. The lowest BCUT2D eigenvalue weighted by Gasteiger charge is -2.06. The highest BCUT2D eigenvalue weighted by molar-refractivity contribution is 5.90. The minimum Gasteiger partial charge on any atom is -0.457 e. The van der Waals surface area contributed by atoms with Crippen LogP contribution in [0.3, 0.4) is 0 Å². The zero-order chi connectivity index (χ0) is 13.8. The summed E-state index contributed by atoms with van der Waals surface area (Å²) in [6.07, 6.45) is 0. The Balaban J connectivity index is 2.04. The fourth-order valence-electron chi connectivity index (χ4n) is 1.59. The number of benzene rings is 2. The van der Waals surface area contributed by atoms with E-state index in [1.54, 1.807) is 18.2 Å². The average molecular weight is 263 g/mol. The van der Waals surface area contributed by atoms with E-state index < -0.39 is 17.6 Å². The van der Waals surface area contributed by atoms with E-state index in [4.69, 9.17) is 10.5 Å². The lowest BCUT2D eigenvalue weighted by atomic mass is 10.2. The van der Waals surface area contributed by atoms with Crippen LogP contribution >= 0.6 is 0 Å². The number of ether oxygens (including phenoxy) is 1. The standard InChI is InChI=1S/C14H11F2NO2/c15-11-4-9(5-12(16)7-11)8-19-14(18)10-2-1-3-13(17)6-10/h1-7H,8,17H2. The van der Waals surface area contributed by atoms with E-state index in [1.165, 1.54) is 6.07 Å².